The van der Waals surface area contributed by atoms with Crippen LogP contribution in [0.5, 0.6) is 0 Å². The molecule has 4 atom stereocenters. The summed E-state index contributed by atoms with van der Waals surface area (Å²) < 4.78 is 12.8. The number of carbonyl (C=O) groups excluding carboxylic acids is 1. The van der Waals surface area contributed by atoms with Gasteiger partial charge in [0.1, 0.15) is 17.2 Å². The Balaban J connectivity index is 1.38. The molecule has 0 aromatic carbocycles. The largest absolute Gasteiger partial charge is 0.379 e. The molecule has 5 rings (SSSR count). The van der Waals surface area contributed by atoms with Crippen LogP contribution in [0.2, 0.25) is 0 Å². The van der Waals surface area contributed by atoms with E-state index < -0.39 is 6.23 Å². The molecule has 2 aliphatic heterocycles. The van der Waals surface area contributed by atoms with E-state index >= 15 is 0 Å². The lowest BCUT2D eigenvalue weighted by molar-refractivity contribution is -0.0828. The first kappa shape index (κ1) is 23.6. The normalized spacial score (nSPS) is 28.4. The van der Waals surface area contributed by atoms with Crippen LogP contribution < -0.4 is 16.0 Å². The minimum absolute atomic E-state index is 0.0656. The van der Waals surface area contributed by atoms with Crippen LogP contribution in [-0.4, -0.2) is 81.8 Å². The number of amides is 1. The molecule has 4 N–H and O–H groups in total. The van der Waals surface area contributed by atoms with E-state index in [2.05, 4.69) is 26.0 Å². The first-order valence-electron chi connectivity index (χ1n) is 12.0. The Kier molecular flexibility index (Phi) is 6.39. The third kappa shape index (κ3) is 4.35. The Hall–Kier alpha value is -3.15. The topological polar surface area (TPSA) is 125 Å². The van der Waals surface area contributed by atoms with Crippen LogP contribution in [0.15, 0.2) is 36.3 Å². The summed E-state index contributed by atoms with van der Waals surface area (Å²) in [5, 5.41) is 24.8. The molecular formula is C24H33N7O4. The van der Waals surface area contributed by atoms with Crippen molar-refractivity contribution in [3.05, 3.63) is 41.9 Å². The number of methoxy groups -OCH3 is 1. The van der Waals surface area contributed by atoms with Gasteiger partial charge in [-0.15, -0.1) is 0 Å². The minimum Gasteiger partial charge on any atom is -0.379 e. The number of ether oxygens (including phenoxy) is 2. The molecule has 11 nitrogen and oxygen atoms in total. The molecule has 188 valence electrons. The zero-order chi connectivity index (χ0) is 24.6. The quantitative estimate of drug-likeness (QED) is 0.466. The van der Waals surface area contributed by atoms with Gasteiger partial charge in [0.15, 0.2) is 11.9 Å². The van der Waals surface area contributed by atoms with Crippen LogP contribution in [-0.2, 0) is 9.47 Å². The summed E-state index contributed by atoms with van der Waals surface area (Å²) in [4.78, 5) is 19.7. The number of aliphatic hydroxyl groups is 1. The number of aliphatic hydroxyl groups excluding tert-OH is 1. The Labute approximate surface area is 204 Å². The number of aromatic nitrogens is 3. The number of hydrogen-bond donors (Lipinski definition) is 4. The number of allylic oxidation sites excluding steroid dienone is 2. The third-order valence-corrected chi connectivity index (χ3v) is 7.34. The molecule has 0 bridgehead atoms. The van der Waals surface area contributed by atoms with Gasteiger partial charge in [-0.1, -0.05) is 0 Å². The summed E-state index contributed by atoms with van der Waals surface area (Å²) in [6.45, 7) is 3.34. The van der Waals surface area contributed by atoms with E-state index in [-0.39, 0.29) is 23.6 Å². The fraction of sp³-hybridized carbons (Fsp3) is 0.542. The predicted octanol–water partition coefficient (Wildman–Crippen LogP) is 1.69. The van der Waals surface area contributed by atoms with Gasteiger partial charge in [0.2, 0.25) is 0 Å². The molecule has 1 aliphatic carbocycles. The van der Waals surface area contributed by atoms with E-state index in [1.807, 2.05) is 30.2 Å². The Morgan fingerprint density at radius 2 is 2.23 bits per heavy atom. The molecule has 2 fully saturated rings. The van der Waals surface area contributed by atoms with Crippen LogP contribution in [0, 0.1) is 0 Å². The standard InChI is InChI=1S/C24H33N7O4/c1-24(34-3)9-8-18(24)28-22(32)16-13-26-31-20(25-2)12-19(29-21(16)31)27-17-7-4-10-30(23(17)33)15-6-5-11-35-14-15/h4,7,10,12-13,15,18,23,25,33H,5-6,8-9,11,14H2,1-3H3,(H,27,29)(H,28,32)/t15-,18?,23?,24+/m0/s1. The van der Waals surface area contributed by atoms with Crippen LogP contribution in [0.25, 0.3) is 5.65 Å². The summed E-state index contributed by atoms with van der Waals surface area (Å²) in [6.07, 6.45) is 9.95. The fourth-order valence-corrected chi connectivity index (χ4v) is 4.87. The van der Waals surface area contributed by atoms with E-state index in [1.165, 1.54) is 6.20 Å². The second kappa shape index (κ2) is 9.48. The molecule has 11 heteroatoms. The second-order valence-corrected chi connectivity index (χ2v) is 9.43. The molecule has 3 aliphatic rings. The third-order valence-electron chi connectivity index (χ3n) is 7.34. The van der Waals surface area contributed by atoms with Crippen molar-refractivity contribution in [2.45, 2.75) is 56.5 Å². The zero-order valence-electron chi connectivity index (χ0n) is 20.3. The van der Waals surface area contributed by atoms with E-state index in [4.69, 9.17) is 9.47 Å². The predicted molar refractivity (Wildman–Crippen MR) is 131 cm³/mol. The van der Waals surface area contributed by atoms with Crippen molar-refractivity contribution in [3.63, 3.8) is 0 Å². The molecule has 0 radical (unpaired) electrons. The van der Waals surface area contributed by atoms with Crippen molar-refractivity contribution in [2.75, 3.05) is 38.0 Å². The summed E-state index contributed by atoms with van der Waals surface area (Å²) >= 11 is 0. The van der Waals surface area contributed by atoms with Gasteiger partial charge in [0.05, 0.1) is 36.2 Å². The molecule has 1 saturated heterocycles. The minimum atomic E-state index is -0.860. The van der Waals surface area contributed by atoms with Gasteiger partial charge in [-0.25, -0.2) is 4.98 Å². The maximum Gasteiger partial charge on any atom is 0.257 e. The summed E-state index contributed by atoms with van der Waals surface area (Å²) in [5.41, 5.74) is 1.01. The first-order chi connectivity index (χ1) is 16.9. The van der Waals surface area contributed by atoms with Gasteiger partial charge in [0, 0.05) is 33.0 Å². The lowest BCUT2D eigenvalue weighted by Crippen LogP contribution is -2.59. The van der Waals surface area contributed by atoms with Crippen LogP contribution in [0.1, 0.15) is 43.0 Å². The Morgan fingerprint density at radius 1 is 1.37 bits per heavy atom. The highest BCUT2D eigenvalue weighted by Crippen LogP contribution is 2.35. The maximum atomic E-state index is 13.1. The summed E-state index contributed by atoms with van der Waals surface area (Å²) in [6, 6.07) is 1.83. The lowest BCUT2D eigenvalue weighted by atomic mass is 9.76. The number of hydrogen-bond acceptors (Lipinski definition) is 9. The van der Waals surface area contributed by atoms with Gasteiger partial charge in [-0.05, 0) is 44.8 Å². The molecule has 0 spiro atoms. The van der Waals surface area contributed by atoms with Crippen molar-refractivity contribution in [1.29, 1.82) is 0 Å². The van der Waals surface area contributed by atoms with Crippen molar-refractivity contribution < 1.29 is 19.4 Å². The first-order valence-corrected chi connectivity index (χ1v) is 12.0. The average Bonchev–Trinajstić information content (AvgIpc) is 3.31. The van der Waals surface area contributed by atoms with Crippen molar-refractivity contribution in [2.24, 2.45) is 0 Å². The number of carbonyl (C=O) groups is 1. The number of nitrogens with one attached hydrogen (secondary N) is 3. The number of rotatable bonds is 7. The van der Waals surface area contributed by atoms with E-state index in [9.17, 15) is 9.90 Å². The van der Waals surface area contributed by atoms with Gasteiger partial charge in [-0.3, -0.25) is 4.79 Å². The zero-order valence-corrected chi connectivity index (χ0v) is 20.3. The molecule has 35 heavy (non-hydrogen) atoms. The smallest absolute Gasteiger partial charge is 0.257 e. The second-order valence-electron chi connectivity index (χ2n) is 9.43. The summed E-state index contributed by atoms with van der Waals surface area (Å²) in [7, 11) is 3.44. The fourth-order valence-electron chi connectivity index (χ4n) is 4.87. The molecule has 1 saturated carbocycles. The number of fused-ring (bicyclic) bond motifs is 1. The van der Waals surface area contributed by atoms with Gasteiger partial charge in [-0.2, -0.15) is 9.61 Å². The number of anilines is 2. The van der Waals surface area contributed by atoms with E-state index in [1.54, 1.807) is 24.7 Å². The van der Waals surface area contributed by atoms with Crippen LogP contribution in [0.4, 0.5) is 11.6 Å². The molecule has 2 aromatic heterocycles. The van der Waals surface area contributed by atoms with E-state index in [0.717, 1.165) is 32.3 Å². The molecule has 1 amide bonds. The summed E-state index contributed by atoms with van der Waals surface area (Å²) in [5.74, 6) is 0.895. The molecule has 4 heterocycles. The monoisotopic (exact) mass is 483 g/mol. The molecule has 2 aromatic rings. The van der Waals surface area contributed by atoms with E-state index in [0.29, 0.717) is 35.2 Å². The van der Waals surface area contributed by atoms with Crippen LogP contribution >= 0.6 is 0 Å². The van der Waals surface area contributed by atoms with Gasteiger partial charge >= 0.3 is 0 Å². The van der Waals surface area contributed by atoms with Crippen molar-refractivity contribution in [3.8, 4) is 0 Å². The number of nitrogens with zero attached hydrogens (tertiary/aromatic N) is 4. The molecular weight excluding hydrogens is 450 g/mol. The van der Waals surface area contributed by atoms with Gasteiger partial charge < -0.3 is 35.4 Å². The van der Waals surface area contributed by atoms with Crippen molar-refractivity contribution in [1.82, 2.24) is 24.8 Å². The lowest BCUT2D eigenvalue weighted by Gasteiger charge is -2.45. The highest BCUT2D eigenvalue weighted by Gasteiger charge is 2.44. The maximum absolute atomic E-state index is 13.1. The average molecular weight is 484 g/mol. The highest BCUT2D eigenvalue weighted by molar-refractivity contribution is 6.00. The van der Waals surface area contributed by atoms with Crippen LogP contribution in [0.3, 0.4) is 0 Å². The Morgan fingerprint density at radius 3 is 2.91 bits per heavy atom. The molecule has 2 unspecified atom stereocenters. The SMILES string of the molecule is CNc1cc(NC2=CC=CN([C@H]3CCCOC3)C2O)nc2c(C(=O)NC3CC[C@@]3(C)OC)cnn12. The Bertz CT molecular complexity index is 1150. The van der Waals surface area contributed by atoms with Crippen molar-refractivity contribution >= 4 is 23.2 Å². The highest BCUT2D eigenvalue weighted by atomic mass is 16.5. The van der Waals surface area contributed by atoms with Gasteiger partial charge in [0.25, 0.3) is 5.91 Å².